The van der Waals surface area contributed by atoms with E-state index >= 15 is 0 Å². The lowest BCUT2D eigenvalue weighted by atomic mass is 10.3. The molecular formula is C11H15OPS. The molecular weight excluding hydrogens is 211 g/mol. The maximum absolute atomic E-state index is 5.97. The smallest absolute Gasteiger partial charge is 0.124 e. The first-order valence-electron chi connectivity index (χ1n) is 5.11. The van der Waals surface area contributed by atoms with Gasteiger partial charge >= 0.3 is 0 Å². The highest BCUT2D eigenvalue weighted by molar-refractivity contribution is 8.12. The van der Waals surface area contributed by atoms with Gasteiger partial charge in [0.15, 0.2) is 0 Å². The van der Waals surface area contributed by atoms with Crippen LogP contribution in [0.25, 0.3) is 0 Å². The molecule has 0 radical (unpaired) electrons. The molecule has 0 spiro atoms. The highest BCUT2D eigenvalue weighted by atomic mass is 32.4. The van der Waals surface area contributed by atoms with Crippen molar-refractivity contribution in [3.8, 4) is 5.75 Å². The molecule has 0 aromatic heterocycles. The number of hydrogen-bond donors (Lipinski definition) is 0. The summed E-state index contributed by atoms with van der Waals surface area (Å²) in [7, 11) is 0. The minimum absolute atomic E-state index is 0.956. The van der Waals surface area contributed by atoms with E-state index in [0.29, 0.717) is 0 Å². The lowest BCUT2D eigenvalue weighted by molar-refractivity contribution is 0.585. The summed E-state index contributed by atoms with van der Waals surface area (Å²) in [4.78, 5) is 0. The average Bonchev–Trinajstić information content (AvgIpc) is 2.19. The molecule has 14 heavy (non-hydrogen) atoms. The van der Waals surface area contributed by atoms with Crippen LogP contribution < -0.4 is 4.52 Å². The summed E-state index contributed by atoms with van der Waals surface area (Å²) >= 11 is 5.62. The van der Waals surface area contributed by atoms with Crippen LogP contribution in [0.5, 0.6) is 5.75 Å². The van der Waals surface area contributed by atoms with Gasteiger partial charge in [-0.15, -0.1) is 0 Å². The Morgan fingerprint density at radius 3 is 2.29 bits per heavy atom. The van der Waals surface area contributed by atoms with Crippen LogP contribution in [0.1, 0.15) is 19.3 Å². The molecule has 0 atom stereocenters. The molecule has 0 saturated carbocycles. The molecule has 1 aliphatic rings. The summed E-state index contributed by atoms with van der Waals surface area (Å²) in [5, 5.41) is 0. The molecule has 0 N–H and O–H groups in total. The molecule has 0 aliphatic carbocycles. The standard InChI is InChI=1S/C11H15OPS/c14-13(9-5-2-6-10-13)12-11-7-3-1-4-8-11/h1,3-4,7-8H,2,5-6,9-10H2. The van der Waals surface area contributed by atoms with Crippen molar-refractivity contribution in [1.29, 1.82) is 0 Å². The minimum atomic E-state index is -1.50. The maximum Gasteiger partial charge on any atom is 0.124 e. The second-order valence-corrected chi connectivity index (χ2v) is 8.43. The third-order valence-electron chi connectivity index (χ3n) is 2.51. The van der Waals surface area contributed by atoms with E-state index in [1.54, 1.807) is 0 Å². The van der Waals surface area contributed by atoms with E-state index in [2.05, 4.69) is 0 Å². The summed E-state index contributed by atoms with van der Waals surface area (Å²) < 4.78 is 5.97. The van der Waals surface area contributed by atoms with E-state index < -0.39 is 6.26 Å². The molecule has 3 heteroatoms. The van der Waals surface area contributed by atoms with Crippen molar-refractivity contribution in [3.05, 3.63) is 30.3 Å². The van der Waals surface area contributed by atoms with Gasteiger partial charge in [-0.3, -0.25) is 0 Å². The fraction of sp³-hybridized carbons (Fsp3) is 0.455. The Bertz CT molecular complexity index is 326. The first-order chi connectivity index (χ1) is 6.79. The third kappa shape index (κ3) is 2.59. The summed E-state index contributed by atoms with van der Waals surface area (Å²) in [5.74, 6) is 0.956. The predicted molar refractivity (Wildman–Crippen MR) is 64.9 cm³/mol. The molecule has 76 valence electrons. The van der Waals surface area contributed by atoms with Gasteiger partial charge in [-0.1, -0.05) is 36.4 Å². The Morgan fingerprint density at radius 2 is 1.64 bits per heavy atom. The quantitative estimate of drug-likeness (QED) is 0.712. The van der Waals surface area contributed by atoms with Crippen LogP contribution in [0.15, 0.2) is 30.3 Å². The molecule has 0 bridgehead atoms. The van der Waals surface area contributed by atoms with Crippen molar-refractivity contribution in [2.24, 2.45) is 0 Å². The molecule has 0 amide bonds. The summed E-state index contributed by atoms with van der Waals surface area (Å²) in [6, 6.07) is 10.0. The zero-order valence-electron chi connectivity index (χ0n) is 8.19. The van der Waals surface area contributed by atoms with Crippen molar-refractivity contribution in [2.45, 2.75) is 19.3 Å². The molecule has 1 aliphatic heterocycles. The van der Waals surface area contributed by atoms with Gasteiger partial charge < -0.3 is 4.52 Å². The summed E-state index contributed by atoms with van der Waals surface area (Å²) in [6.07, 6.45) is 4.58. The van der Waals surface area contributed by atoms with E-state index in [-0.39, 0.29) is 0 Å². The molecule has 0 unspecified atom stereocenters. The summed E-state index contributed by atoms with van der Waals surface area (Å²) in [6.45, 7) is 0. The highest BCUT2D eigenvalue weighted by Crippen LogP contribution is 2.51. The van der Waals surface area contributed by atoms with Crippen LogP contribution in [0.3, 0.4) is 0 Å². The van der Waals surface area contributed by atoms with E-state index in [9.17, 15) is 0 Å². The van der Waals surface area contributed by atoms with Crippen molar-refractivity contribution in [3.63, 3.8) is 0 Å². The zero-order valence-corrected chi connectivity index (χ0v) is 9.90. The largest absolute Gasteiger partial charge is 0.467 e. The molecule has 2 rings (SSSR count). The van der Waals surface area contributed by atoms with Gasteiger partial charge in [-0.2, -0.15) is 0 Å². The number of para-hydroxylation sites is 1. The van der Waals surface area contributed by atoms with Gasteiger partial charge in [0, 0.05) is 12.3 Å². The van der Waals surface area contributed by atoms with Crippen LogP contribution in [0, 0.1) is 0 Å². The molecule has 1 saturated heterocycles. The van der Waals surface area contributed by atoms with Crippen LogP contribution in [-0.2, 0) is 11.8 Å². The van der Waals surface area contributed by atoms with E-state index in [1.807, 2.05) is 30.3 Å². The fourth-order valence-corrected chi connectivity index (χ4v) is 5.11. The molecule has 1 heterocycles. The van der Waals surface area contributed by atoms with Gasteiger partial charge in [0.05, 0.1) is 0 Å². The van der Waals surface area contributed by atoms with Crippen LogP contribution in [0.4, 0.5) is 0 Å². The Morgan fingerprint density at radius 1 is 1.00 bits per heavy atom. The van der Waals surface area contributed by atoms with Gasteiger partial charge in [0.25, 0.3) is 0 Å². The SMILES string of the molecule is S=P1(Oc2ccccc2)CCCCC1. The average molecular weight is 226 g/mol. The lowest BCUT2D eigenvalue weighted by Gasteiger charge is -2.26. The minimum Gasteiger partial charge on any atom is -0.467 e. The van der Waals surface area contributed by atoms with E-state index in [0.717, 1.165) is 18.1 Å². The lowest BCUT2D eigenvalue weighted by Crippen LogP contribution is -2.07. The highest BCUT2D eigenvalue weighted by Gasteiger charge is 2.22. The Labute approximate surface area is 90.6 Å². The van der Waals surface area contributed by atoms with Crippen molar-refractivity contribution in [1.82, 2.24) is 0 Å². The van der Waals surface area contributed by atoms with Crippen molar-refractivity contribution < 1.29 is 4.52 Å². The molecule has 1 aromatic rings. The number of hydrogen-bond acceptors (Lipinski definition) is 2. The zero-order chi connectivity index (χ0) is 9.86. The van der Waals surface area contributed by atoms with Gasteiger partial charge in [-0.25, -0.2) is 0 Å². The Balaban J connectivity index is 2.06. The molecule has 1 fully saturated rings. The predicted octanol–water partition coefficient (Wildman–Crippen LogP) is 3.64. The first-order valence-corrected chi connectivity index (χ1v) is 8.20. The van der Waals surface area contributed by atoms with Crippen LogP contribution >= 0.6 is 6.26 Å². The van der Waals surface area contributed by atoms with Crippen LogP contribution in [-0.4, -0.2) is 12.3 Å². The van der Waals surface area contributed by atoms with E-state index in [1.165, 1.54) is 19.3 Å². The van der Waals surface area contributed by atoms with E-state index in [4.69, 9.17) is 16.3 Å². The molecule has 1 aromatic carbocycles. The van der Waals surface area contributed by atoms with Crippen molar-refractivity contribution in [2.75, 3.05) is 12.3 Å². The third-order valence-corrected chi connectivity index (χ3v) is 6.37. The van der Waals surface area contributed by atoms with Gasteiger partial charge in [-0.05, 0) is 25.0 Å². The topological polar surface area (TPSA) is 9.23 Å². The summed E-state index contributed by atoms with van der Waals surface area (Å²) in [5.41, 5.74) is 0. The number of rotatable bonds is 2. The fourth-order valence-electron chi connectivity index (χ4n) is 1.76. The Hall–Kier alpha value is -0.330. The second-order valence-electron chi connectivity index (χ2n) is 3.73. The monoisotopic (exact) mass is 226 g/mol. The maximum atomic E-state index is 5.97. The molecule has 1 nitrogen and oxygen atoms in total. The Kier molecular flexibility index (Phi) is 3.25. The first kappa shape index (κ1) is 10.2. The van der Waals surface area contributed by atoms with Gasteiger partial charge in [0.1, 0.15) is 12.0 Å². The van der Waals surface area contributed by atoms with Gasteiger partial charge in [0.2, 0.25) is 0 Å². The van der Waals surface area contributed by atoms with Crippen molar-refractivity contribution >= 4 is 18.1 Å². The number of benzene rings is 1. The second kappa shape index (κ2) is 4.46. The normalized spacial score (nSPS) is 20.3. The van der Waals surface area contributed by atoms with Crippen LogP contribution in [0.2, 0.25) is 0 Å².